The van der Waals surface area contributed by atoms with Gasteiger partial charge in [0.1, 0.15) is 10.9 Å². The van der Waals surface area contributed by atoms with E-state index in [2.05, 4.69) is 9.97 Å². The lowest BCUT2D eigenvalue weighted by molar-refractivity contribution is 0.347. The van der Waals surface area contributed by atoms with Crippen LogP contribution in [0.4, 0.5) is 0 Å². The number of aryl methyl sites for hydroxylation is 1. The molecular formula is C7H10N2O2S. The summed E-state index contributed by atoms with van der Waals surface area (Å²) in [5, 5.41) is 9.98. The fourth-order valence-electron chi connectivity index (χ4n) is 0.801. The van der Waals surface area contributed by atoms with Crippen LogP contribution in [-0.4, -0.2) is 28.4 Å². The van der Waals surface area contributed by atoms with E-state index < -0.39 is 0 Å². The summed E-state index contributed by atoms with van der Waals surface area (Å²) in [7, 11) is 1.46. The van der Waals surface area contributed by atoms with Gasteiger partial charge >= 0.3 is 0 Å². The second kappa shape index (κ2) is 3.62. The van der Waals surface area contributed by atoms with E-state index in [1.165, 1.54) is 18.9 Å². The van der Waals surface area contributed by atoms with Crippen molar-refractivity contribution in [3.63, 3.8) is 0 Å². The zero-order chi connectivity index (χ0) is 9.14. The Morgan fingerprint density at radius 3 is 2.58 bits per heavy atom. The van der Waals surface area contributed by atoms with E-state index >= 15 is 0 Å². The second-order valence-electron chi connectivity index (χ2n) is 2.14. The van der Waals surface area contributed by atoms with E-state index in [1.54, 1.807) is 6.92 Å². The van der Waals surface area contributed by atoms with Crippen LogP contribution in [0.3, 0.4) is 0 Å². The number of hydrogen-bond donors (Lipinski definition) is 1. The average Bonchev–Trinajstić information content (AvgIpc) is 2.08. The molecule has 5 heteroatoms. The molecule has 1 heterocycles. The quantitative estimate of drug-likeness (QED) is 0.556. The van der Waals surface area contributed by atoms with Crippen molar-refractivity contribution in [1.29, 1.82) is 0 Å². The Bertz CT molecular complexity index is 266. The molecule has 1 aromatic heterocycles. The molecule has 0 aliphatic rings. The van der Waals surface area contributed by atoms with Crippen LogP contribution in [0, 0.1) is 6.92 Å². The first kappa shape index (κ1) is 9.12. The van der Waals surface area contributed by atoms with Crippen LogP contribution in [0.15, 0.2) is 5.03 Å². The van der Waals surface area contributed by atoms with Gasteiger partial charge in [-0.2, -0.15) is 4.98 Å². The molecule has 0 aliphatic heterocycles. The van der Waals surface area contributed by atoms with Gasteiger partial charge in [0.25, 0.3) is 5.88 Å². The van der Waals surface area contributed by atoms with Gasteiger partial charge in [-0.1, -0.05) is 0 Å². The Morgan fingerprint density at radius 2 is 2.08 bits per heavy atom. The smallest absolute Gasteiger partial charge is 0.261 e. The standard InChI is InChI=1S/C7H10N2O2S/c1-4-8-6(11-2)5(10)7(9-4)12-3/h10H,1-3H3. The lowest BCUT2D eigenvalue weighted by Gasteiger charge is -2.05. The lowest BCUT2D eigenvalue weighted by Crippen LogP contribution is -1.95. The van der Waals surface area contributed by atoms with E-state index in [0.29, 0.717) is 10.9 Å². The molecule has 0 fully saturated rings. The SMILES string of the molecule is COc1nc(C)nc(SC)c1O. The van der Waals surface area contributed by atoms with Crippen LogP contribution >= 0.6 is 11.8 Å². The van der Waals surface area contributed by atoms with Crippen molar-refractivity contribution in [3.05, 3.63) is 5.82 Å². The monoisotopic (exact) mass is 186 g/mol. The summed E-state index contributed by atoms with van der Waals surface area (Å²) in [6.45, 7) is 1.75. The third-order valence-electron chi connectivity index (χ3n) is 1.32. The van der Waals surface area contributed by atoms with Gasteiger partial charge in [-0.25, -0.2) is 4.98 Å². The fourth-order valence-corrected chi connectivity index (χ4v) is 1.30. The number of aromatic hydroxyl groups is 1. The minimum atomic E-state index is 0.00981. The highest BCUT2D eigenvalue weighted by Gasteiger charge is 2.10. The summed E-state index contributed by atoms with van der Waals surface area (Å²) < 4.78 is 4.85. The molecule has 0 atom stereocenters. The summed E-state index contributed by atoms with van der Waals surface area (Å²) in [5.41, 5.74) is 0. The highest BCUT2D eigenvalue weighted by Crippen LogP contribution is 2.31. The molecule has 0 bridgehead atoms. The maximum absolute atomic E-state index is 9.44. The zero-order valence-corrected chi connectivity index (χ0v) is 7.97. The van der Waals surface area contributed by atoms with Crippen LogP contribution < -0.4 is 4.74 Å². The third-order valence-corrected chi connectivity index (χ3v) is 1.99. The summed E-state index contributed by atoms with van der Waals surface area (Å²) in [4.78, 5) is 7.92. The van der Waals surface area contributed by atoms with Crippen molar-refractivity contribution >= 4 is 11.8 Å². The Morgan fingerprint density at radius 1 is 1.42 bits per heavy atom. The van der Waals surface area contributed by atoms with Crippen molar-refractivity contribution in [2.45, 2.75) is 11.9 Å². The number of thioether (sulfide) groups is 1. The zero-order valence-electron chi connectivity index (χ0n) is 7.16. The molecule has 0 aromatic carbocycles. The number of ether oxygens (including phenoxy) is 1. The first-order valence-corrected chi connectivity index (χ1v) is 4.57. The maximum Gasteiger partial charge on any atom is 0.261 e. The molecule has 12 heavy (non-hydrogen) atoms. The summed E-state index contributed by atoms with van der Waals surface area (Å²) >= 11 is 1.36. The number of methoxy groups -OCH3 is 1. The van der Waals surface area contributed by atoms with E-state index in [1.807, 2.05) is 6.26 Å². The molecule has 0 radical (unpaired) electrons. The highest BCUT2D eigenvalue weighted by molar-refractivity contribution is 7.98. The molecule has 1 aromatic rings. The van der Waals surface area contributed by atoms with E-state index in [-0.39, 0.29) is 11.6 Å². The number of nitrogens with zero attached hydrogens (tertiary/aromatic N) is 2. The van der Waals surface area contributed by atoms with Gasteiger partial charge < -0.3 is 9.84 Å². The molecule has 0 aliphatic carbocycles. The van der Waals surface area contributed by atoms with Crippen molar-refractivity contribution < 1.29 is 9.84 Å². The highest BCUT2D eigenvalue weighted by atomic mass is 32.2. The molecule has 0 spiro atoms. The van der Waals surface area contributed by atoms with E-state index in [9.17, 15) is 5.11 Å². The van der Waals surface area contributed by atoms with Crippen LogP contribution in [0.1, 0.15) is 5.82 Å². The molecule has 4 nitrogen and oxygen atoms in total. The first-order valence-electron chi connectivity index (χ1n) is 3.34. The second-order valence-corrected chi connectivity index (χ2v) is 2.93. The Balaban J connectivity index is 3.22. The molecule has 1 N–H and O–H groups in total. The Kier molecular flexibility index (Phi) is 2.75. The third kappa shape index (κ3) is 1.61. The molecule has 0 saturated heterocycles. The van der Waals surface area contributed by atoms with E-state index in [0.717, 1.165) is 0 Å². The van der Waals surface area contributed by atoms with Gasteiger partial charge in [0, 0.05) is 0 Å². The topological polar surface area (TPSA) is 55.2 Å². The number of aromatic nitrogens is 2. The minimum absolute atomic E-state index is 0.00981. The summed E-state index contributed by atoms with van der Waals surface area (Å²) in [5.74, 6) is 0.830. The van der Waals surface area contributed by atoms with Crippen LogP contribution in [0.25, 0.3) is 0 Å². The Labute approximate surface area is 75.0 Å². The molecule has 66 valence electrons. The minimum Gasteiger partial charge on any atom is -0.501 e. The van der Waals surface area contributed by atoms with Crippen molar-refractivity contribution in [2.75, 3.05) is 13.4 Å². The van der Waals surface area contributed by atoms with Gasteiger partial charge in [-0.15, -0.1) is 11.8 Å². The van der Waals surface area contributed by atoms with Gasteiger partial charge in [-0.05, 0) is 13.2 Å². The predicted octanol–water partition coefficient (Wildman–Crippen LogP) is 1.22. The van der Waals surface area contributed by atoms with Gasteiger partial charge in [0.15, 0.2) is 0 Å². The first-order chi connectivity index (χ1) is 5.69. The van der Waals surface area contributed by atoms with Crippen LogP contribution in [0.2, 0.25) is 0 Å². The molecule has 0 amide bonds. The fraction of sp³-hybridized carbons (Fsp3) is 0.429. The van der Waals surface area contributed by atoms with Crippen LogP contribution in [-0.2, 0) is 0 Å². The lowest BCUT2D eigenvalue weighted by atomic mass is 10.5. The van der Waals surface area contributed by atoms with Crippen molar-refractivity contribution in [2.24, 2.45) is 0 Å². The van der Waals surface area contributed by atoms with E-state index in [4.69, 9.17) is 4.74 Å². The number of rotatable bonds is 2. The normalized spacial score (nSPS) is 9.92. The van der Waals surface area contributed by atoms with Crippen molar-refractivity contribution in [1.82, 2.24) is 9.97 Å². The molecule has 0 unspecified atom stereocenters. The largest absolute Gasteiger partial charge is 0.501 e. The Hall–Kier alpha value is -0.970. The number of hydrogen-bond acceptors (Lipinski definition) is 5. The average molecular weight is 186 g/mol. The predicted molar refractivity (Wildman–Crippen MR) is 46.8 cm³/mol. The molecular weight excluding hydrogens is 176 g/mol. The van der Waals surface area contributed by atoms with Crippen molar-refractivity contribution in [3.8, 4) is 11.6 Å². The molecule has 1 rings (SSSR count). The van der Waals surface area contributed by atoms with Gasteiger partial charge in [0.2, 0.25) is 5.75 Å². The summed E-state index contributed by atoms with van der Waals surface area (Å²) in [6, 6.07) is 0. The maximum atomic E-state index is 9.44. The van der Waals surface area contributed by atoms with Gasteiger partial charge in [0.05, 0.1) is 7.11 Å². The molecule has 0 saturated carbocycles. The summed E-state index contributed by atoms with van der Waals surface area (Å²) in [6.07, 6.45) is 1.83. The van der Waals surface area contributed by atoms with Gasteiger partial charge in [-0.3, -0.25) is 0 Å². The van der Waals surface area contributed by atoms with Crippen LogP contribution in [0.5, 0.6) is 11.6 Å².